The number of aromatic amines is 2. The average Bonchev–Trinajstić information content (AvgIpc) is 3.02. The summed E-state index contributed by atoms with van der Waals surface area (Å²) in [6, 6.07) is 10.3. The van der Waals surface area contributed by atoms with Crippen LogP contribution >= 0.6 is 0 Å². The summed E-state index contributed by atoms with van der Waals surface area (Å²) in [5.74, 6) is 0.478. The minimum absolute atomic E-state index is 0.478. The summed E-state index contributed by atoms with van der Waals surface area (Å²) >= 11 is 0. The molecule has 4 aromatic rings. The lowest BCUT2D eigenvalue weighted by atomic mass is 10.1. The standard InChI is InChI=1S/C15H13N5/c1-8-2-3-11-9(4-8)5-12(19-11)10-6-13(16)20-15-14(10)17-7-18-15/h2-7,19H,1H3,(H3,16,17,18,20). The van der Waals surface area contributed by atoms with Crippen LogP contribution in [0.25, 0.3) is 33.3 Å². The molecule has 0 fully saturated rings. The summed E-state index contributed by atoms with van der Waals surface area (Å²) in [4.78, 5) is 15.0. The summed E-state index contributed by atoms with van der Waals surface area (Å²) in [7, 11) is 0. The van der Waals surface area contributed by atoms with E-state index in [4.69, 9.17) is 5.73 Å². The second-order valence-corrected chi connectivity index (χ2v) is 4.97. The van der Waals surface area contributed by atoms with Gasteiger partial charge in [0, 0.05) is 22.2 Å². The van der Waals surface area contributed by atoms with E-state index in [1.807, 2.05) is 6.07 Å². The molecule has 5 heteroatoms. The fourth-order valence-electron chi connectivity index (χ4n) is 2.55. The molecule has 0 amide bonds. The van der Waals surface area contributed by atoms with Crippen molar-refractivity contribution >= 4 is 27.9 Å². The lowest BCUT2D eigenvalue weighted by Gasteiger charge is -2.01. The van der Waals surface area contributed by atoms with Crippen LogP contribution in [0.1, 0.15) is 5.56 Å². The SMILES string of the molecule is Cc1ccc2[nH]c(-c3cc(N)nc4[nH]cnc34)cc2c1. The van der Waals surface area contributed by atoms with Crippen molar-refractivity contribution in [3.8, 4) is 11.3 Å². The summed E-state index contributed by atoms with van der Waals surface area (Å²) < 4.78 is 0. The third-order valence-electron chi connectivity index (χ3n) is 3.47. The van der Waals surface area contributed by atoms with Crippen molar-refractivity contribution < 1.29 is 0 Å². The van der Waals surface area contributed by atoms with E-state index in [2.05, 4.69) is 51.1 Å². The lowest BCUT2D eigenvalue weighted by Crippen LogP contribution is -1.92. The number of nitrogen functional groups attached to an aromatic ring is 1. The number of imidazole rings is 1. The Morgan fingerprint density at radius 1 is 1.15 bits per heavy atom. The van der Waals surface area contributed by atoms with Crippen LogP contribution in [0.5, 0.6) is 0 Å². The normalized spacial score (nSPS) is 11.4. The van der Waals surface area contributed by atoms with Gasteiger partial charge in [-0.1, -0.05) is 11.6 Å². The molecule has 0 spiro atoms. The van der Waals surface area contributed by atoms with Gasteiger partial charge in [-0.2, -0.15) is 0 Å². The van der Waals surface area contributed by atoms with E-state index >= 15 is 0 Å². The maximum absolute atomic E-state index is 5.87. The zero-order chi connectivity index (χ0) is 13.7. The monoisotopic (exact) mass is 263 g/mol. The molecular weight excluding hydrogens is 250 g/mol. The van der Waals surface area contributed by atoms with E-state index < -0.39 is 0 Å². The van der Waals surface area contributed by atoms with Gasteiger partial charge in [-0.05, 0) is 31.2 Å². The minimum Gasteiger partial charge on any atom is -0.384 e. The first kappa shape index (κ1) is 11.0. The molecule has 0 radical (unpaired) electrons. The number of pyridine rings is 1. The molecule has 1 aromatic carbocycles. The van der Waals surface area contributed by atoms with Crippen LogP contribution in [0, 0.1) is 6.92 Å². The lowest BCUT2D eigenvalue weighted by molar-refractivity contribution is 1.31. The first-order chi connectivity index (χ1) is 9.70. The maximum Gasteiger partial charge on any atom is 0.160 e. The maximum atomic E-state index is 5.87. The van der Waals surface area contributed by atoms with Gasteiger partial charge in [-0.25, -0.2) is 9.97 Å². The molecule has 0 aliphatic heterocycles. The molecule has 98 valence electrons. The van der Waals surface area contributed by atoms with Crippen LogP contribution in [0.3, 0.4) is 0 Å². The van der Waals surface area contributed by atoms with Gasteiger partial charge >= 0.3 is 0 Å². The Morgan fingerprint density at radius 2 is 2.05 bits per heavy atom. The van der Waals surface area contributed by atoms with Crippen molar-refractivity contribution in [2.75, 3.05) is 5.73 Å². The number of hydrogen-bond acceptors (Lipinski definition) is 3. The smallest absolute Gasteiger partial charge is 0.160 e. The highest BCUT2D eigenvalue weighted by Gasteiger charge is 2.11. The Balaban J connectivity index is 2.02. The van der Waals surface area contributed by atoms with Crippen LogP contribution in [-0.2, 0) is 0 Å². The number of H-pyrrole nitrogens is 2. The van der Waals surface area contributed by atoms with Gasteiger partial charge in [0.1, 0.15) is 11.3 Å². The fraction of sp³-hybridized carbons (Fsp3) is 0.0667. The van der Waals surface area contributed by atoms with Crippen LogP contribution in [-0.4, -0.2) is 19.9 Å². The summed E-state index contributed by atoms with van der Waals surface area (Å²) in [6.07, 6.45) is 1.63. The van der Waals surface area contributed by atoms with Crippen molar-refractivity contribution in [3.05, 3.63) is 42.2 Å². The Kier molecular flexibility index (Phi) is 2.12. The first-order valence-corrected chi connectivity index (χ1v) is 6.40. The van der Waals surface area contributed by atoms with Gasteiger partial charge in [0.25, 0.3) is 0 Å². The van der Waals surface area contributed by atoms with E-state index in [9.17, 15) is 0 Å². The van der Waals surface area contributed by atoms with Crippen LogP contribution in [0.2, 0.25) is 0 Å². The second kappa shape index (κ2) is 3.84. The number of hydrogen-bond donors (Lipinski definition) is 3. The number of aryl methyl sites for hydroxylation is 1. The Hall–Kier alpha value is -2.82. The zero-order valence-electron chi connectivity index (χ0n) is 10.9. The van der Waals surface area contributed by atoms with E-state index in [1.54, 1.807) is 6.33 Å². The van der Waals surface area contributed by atoms with Crippen molar-refractivity contribution in [1.29, 1.82) is 0 Å². The van der Waals surface area contributed by atoms with Crippen molar-refractivity contribution in [2.24, 2.45) is 0 Å². The first-order valence-electron chi connectivity index (χ1n) is 6.40. The van der Waals surface area contributed by atoms with Gasteiger partial charge in [-0.3, -0.25) is 0 Å². The third-order valence-corrected chi connectivity index (χ3v) is 3.47. The Labute approximate surface area is 114 Å². The minimum atomic E-state index is 0.478. The van der Waals surface area contributed by atoms with Gasteiger partial charge in [0.2, 0.25) is 0 Å². The molecule has 0 bridgehead atoms. The highest BCUT2D eigenvalue weighted by molar-refractivity contribution is 5.95. The largest absolute Gasteiger partial charge is 0.384 e. The number of nitrogens with two attached hydrogens (primary N) is 1. The van der Waals surface area contributed by atoms with Crippen LogP contribution < -0.4 is 5.73 Å². The van der Waals surface area contributed by atoms with E-state index in [1.165, 1.54) is 10.9 Å². The topological polar surface area (TPSA) is 83.4 Å². The van der Waals surface area contributed by atoms with Crippen LogP contribution in [0.15, 0.2) is 36.7 Å². The van der Waals surface area contributed by atoms with Crippen molar-refractivity contribution in [3.63, 3.8) is 0 Å². The number of nitrogens with zero attached hydrogens (tertiary/aromatic N) is 2. The summed E-state index contributed by atoms with van der Waals surface area (Å²) in [5.41, 5.74) is 11.7. The molecule has 0 atom stereocenters. The number of aromatic nitrogens is 4. The van der Waals surface area contributed by atoms with Gasteiger partial charge in [0.15, 0.2) is 5.65 Å². The van der Waals surface area contributed by atoms with Crippen molar-refractivity contribution in [2.45, 2.75) is 6.92 Å². The molecule has 4 N–H and O–H groups in total. The molecule has 0 aliphatic rings. The summed E-state index contributed by atoms with van der Waals surface area (Å²) in [5, 5.41) is 1.18. The Bertz CT molecular complexity index is 932. The Morgan fingerprint density at radius 3 is 2.95 bits per heavy atom. The highest BCUT2D eigenvalue weighted by atomic mass is 15.0. The molecule has 20 heavy (non-hydrogen) atoms. The van der Waals surface area contributed by atoms with E-state index in [0.717, 1.165) is 22.3 Å². The second-order valence-electron chi connectivity index (χ2n) is 4.97. The van der Waals surface area contributed by atoms with E-state index in [-0.39, 0.29) is 0 Å². The number of rotatable bonds is 1. The predicted molar refractivity (Wildman–Crippen MR) is 80.3 cm³/mol. The molecule has 0 saturated heterocycles. The molecule has 3 heterocycles. The number of nitrogens with one attached hydrogen (secondary N) is 2. The van der Waals surface area contributed by atoms with Gasteiger partial charge < -0.3 is 15.7 Å². The van der Waals surface area contributed by atoms with Gasteiger partial charge in [-0.15, -0.1) is 0 Å². The quantitative estimate of drug-likeness (QED) is 0.493. The number of fused-ring (bicyclic) bond motifs is 2. The fourth-order valence-corrected chi connectivity index (χ4v) is 2.55. The number of anilines is 1. The molecule has 0 saturated carbocycles. The van der Waals surface area contributed by atoms with Gasteiger partial charge in [0.05, 0.1) is 6.33 Å². The predicted octanol–water partition coefficient (Wildman–Crippen LogP) is 3.00. The number of benzene rings is 1. The van der Waals surface area contributed by atoms with E-state index in [0.29, 0.717) is 11.5 Å². The van der Waals surface area contributed by atoms with Crippen molar-refractivity contribution in [1.82, 2.24) is 19.9 Å². The highest BCUT2D eigenvalue weighted by Crippen LogP contribution is 2.29. The molecule has 5 nitrogen and oxygen atoms in total. The third kappa shape index (κ3) is 1.56. The molecular formula is C15H13N5. The molecule has 3 aromatic heterocycles. The average molecular weight is 263 g/mol. The molecule has 4 rings (SSSR count). The summed E-state index contributed by atoms with van der Waals surface area (Å²) in [6.45, 7) is 2.09. The molecule has 0 aliphatic carbocycles. The zero-order valence-corrected chi connectivity index (χ0v) is 10.9. The van der Waals surface area contributed by atoms with Crippen LogP contribution in [0.4, 0.5) is 5.82 Å². The molecule has 0 unspecified atom stereocenters.